The zero-order valence-electron chi connectivity index (χ0n) is 19.3. The Balaban J connectivity index is 1.54. The smallest absolute Gasteiger partial charge is 0.381 e. The Morgan fingerprint density at radius 2 is 1.86 bits per heavy atom. The molecule has 1 atom stereocenters. The maximum atomic E-state index is 15.5. The van der Waals surface area contributed by atoms with Crippen LogP contribution in [-0.2, 0) is 20.8 Å². The predicted octanol–water partition coefficient (Wildman–Crippen LogP) is 4.23. The number of alkyl halides is 3. The Hall–Kier alpha value is -2.47. The molecule has 7 nitrogen and oxygen atoms in total. The standard InChI is InChI=1S/C23H28F4N4O3S/c1-35(32,33)14-22(8-11-34-12-9-22)13-28-20-19(24)21(30-15-29-20)31-10-2-3-18(31)16-4-6-17(7-5-16)23(25,26)27/h4-7,15,18H,2-3,8-14H2,1H3,(H,28,29,30)/t18-/m1/s1. The van der Waals surface area contributed by atoms with Gasteiger partial charge in [0.05, 0.1) is 17.4 Å². The number of hydrogen-bond donors (Lipinski definition) is 1. The van der Waals surface area contributed by atoms with Gasteiger partial charge < -0.3 is 15.0 Å². The molecule has 1 aromatic carbocycles. The molecule has 192 valence electrons. The lowest BCUT2D eigenvalue weighted by molar-refractivity contribution is -0.137. The van der Waals surface area contributed by atoms with Crippen LogP contribution < -0.4 is 10.2 Å². The second-order valence-electron chi connectivity index (χ2n) is 9.37. The first-order valence-electron chi connectivity index (χ1n) is 11.4. The number of anilines is 2. The Labute approximate surface area is 201 Å². The van der Waals surface area contributed by atoms with Gasteiger partial charge in [0.2, 0.25) is 5.82 Å². The van der Waals surface area contributed by atoms with Crippen molar-refractivity contribution in [2.45, 2.75) is 37.9 Å². The molecule has 1 N–H and O–H groups in total. The van der Waals surface area contributed by atoms with Crippen LogP contribution in [0.3, 0.4) is 0 Å². The highest BCUT2D eigenvalue weighted by molar-refractivity contribution is 7.90. The summed E-state index contributed by atoms with van der Waals surface area (Å²) >= 11 is 0. The second kappa shape index (κ2) is 9.88. The number of halogens is 4. The summed E-state index contributed by atoms with van der Waals surface area (Å²) in [6, 6.07) is 4.59. The van der Waals surface area contributed by atoms with Gasteiger partial charge in [-0.2, -0.15) is 17.6 Å². The Morgan fingerprint density at radius 1 is 1.17 bits per heavy atom. The Kier molecular flexibility index (Phi) is 7.23. The summed E-state index contributed by atoms with van der Waals surface area (Å²) in [7, 11) is -3.27. The van der Waals surface area contributed by atoms with E-state index < -0.39 is 32.8 Å². The minimum absolute atomic E-state index is 0.0348. The zero-order valence-corrected chi connectivity index (χ0v) is 20.1. The number of rotatable bonds is 7. The van der Waals surface area contributed by atoms with Crippen molar-refractivity contribution in [3.63, 3.8) is 0 Å². The highest BCUT2D eigenvalue weighted by atomic mass is 32.2. The summed E-state index contributed by atoms with van der Waals surface area (Å²) in [6.45, 7) is 1.56. The van der Waals surface area contributed by atoms with E-state index in [1.165, 1.54) is 24.7 Å². The number of ether oxygens (including phenoxy) is 1. The first-order valence-corrected chi connectivity index (χ1v) is 13.5. The molecule has 1 aromatic heterocycles. The van der Waals surface area contributed by atoms with Crippen LogP contribution in [0.5, 0.6) is 0 Å². The number of hydrogen-bond acceptors (Lipinski definition) is 7. The van der Waals surface area contributed by atoms with E-state index in [4.69, 9.17) is 4.74 Å². The first kappa shape index (κ1) is 25.6. The van der Waals surface area contributed by atoms with Crippen molar-refractivity contribution >= 4 is 21.5 Å². The van der Waals surface area contributed by atoms with Crippen molar-refractivity contribution in [2.75, 3.05) is 48.5 Å². The molecule has 0 unspecified atom stereocenters. The van der Waals surface area contributed by atoms with Crippen LogP contribution in [0.25, 0.3) is 0 Å². The van der Waals surface area contributed by atoms with E-state index in [0.717, 1.165) is 18.6 Å². The minimum atomic E-state index is -4.42. The number of sulfone groups is 1. The maximum absolute atomic E-state index is 15.5. The highest BCUT2D eigenvalue weighted by Crippen LogP contribution is 2.39. The predicted molar refractivity (Wildman–Crippen MR) is 123 cm³/mol. The molecule has 3 heterocycles. The van der Waals surface area contributed by atoms with Crippen LogP contribution in [0.15, 0.2) is 30.6 Å². The van der Waals surface area contributed by atoms with Gasteiger partial charge >= 0.3 is 6.18 Å². The third kappa shape index (κ3) is 6.03. The molecule has 0 saturated carbocycles. The molecule has 4 rings (SSSR count). The quantitative estimate of drug-likeness (QED) is 0.552. The molecule has 0 aliphatic carbocycles. The molecule has 2 aromatic rings. The number of nitrogens with one attached hydrogen (secondary N) is 1. The molecular weight excluding hydrogens is 488 g/mol. The van der Waals surface area contributed by atoms with E-state index in [0.29, 0.717) is 44.6 Å². The van der Waals surface area contributed by atoms with Gasteiger partial charge in [0.1, 0.15) is 16.2 Å². The number of benzene rings is 1. The van der Waals surface area contributed by atoms with Crippen molar-refractivity contribution < 1.29 is 30.7 Å². The normalized spacial score (nSPS) is 20.7. The summed E-state index contributed by atoms with van der Waals surface area (Å²) < 4.78 is 83.8. The molecule has 2 aliphatic heterocycles. The van der Waals surface area contributed by atoms with Gasteiger partial charge in [-0.1, -0.05) is 12.1 Å². The molecule has 0 bridgehead atoms. The second-order valence-corrected chi connectivity index (χ2v) is 11.5. The van der Waals surface area contributed by atoms with Crippen LogP contribution in [0.1, 0.15) is 42.9 Å². The van der Waals surface area contributed by atoms with Crippen LogP contribution >= 0.6 is 0 Å². The summed E-state index contributed by atoms with van der Waals surface area (Å²) in [5.41, 5.74) is -0.682. The van der Waals surface area contributed by atoms with Crippen molar-refractivity contribution in [3.05, 3.63) is 47.5 Å². The Bertz CT molecular complexity index is 1140. The topological polar surface area (TPSA) is 84.4 Å². The molecule has 0 radical (unpaired) electrons. The van der Waals surface area contributed by atoms with E-state index in [1.807, 2.05) is 0 Å². The lowest BCUT2D eigenvalue weighted by atomic mass is 9.82. The first-order chi connectivity index (χ1) is 16.5. The average molecular weight is 517 g/mol. The summed E-state index contributed by atoms with van der Waals surface area (Å²) in [4.78, 5) is 9.90. The van der Waals surface area contributed by atoms with E-state index in [1.54, 1.807) is 4.90 Å². The van der Waals surface area contributed by atoms with Gasteiger partial charge in [-0.05, 0) is 43.4 Å². The van der Waals surface area contributed by atoms with E-state index in [2.05, 4.69) is 15.3 Å². The third-order valence-corrected chi connectivity index (χ3v) is 7.81. The number of aromatic nitrogens is 2. The fourth-order valence-electron chi connectivity index (χ4n) is 4.95. The molecule has 2 saturated heterocycles. The number of nitrogens with zero attached hydrogens (tertiary/aromatic N) is 3. The minimum Gasteiger partial charge on any atom is -0.381 e. The van der Waals surface area contributed by atoms with Crippen LogP contribution in [0.4, 0.5) is 29.2 Å². The highest BCUT2D eigenvalue weighted by Gasteiger charge is 2.37. The van der Waals surface area contributed by atoms with E-state index >= 15 is 4.39 Å². The van der Waals surface area contributed by atoms with Crippen LogP contribution in [-0.4, -0.2) is 56.7 Å². The van der Waals surface area contributed by atoms with Gasteiger partial charge in [0.25, 0.3) is 0 Å². The fourth-order valence-corrected chi connectivity index (χ4v) is 6.45. The largest absolute Gasteiger partial charge is 0.416 e. The van der Waals surface area contributed by atoms with E-state index in [-0.39, 0.29) is 30.0 Å². The van der Waals surface area contributed by atoms with E-state index in [9.17, 15) is 21.6 Å². The molecule has 0 amide bonds. The van der Waals surface area contributed by atoms with Gasteiger partial charge in [0.15, 0.2) is 11.6 Å². The van der Waals surface area contributed by atoms with Crippen molar-refractivity contribution in [2.24, 2.45) is 5.41 Å². The van der Waals surface area contributed by atoms with Crippen LogP contribution in [0.2, 0.25) is 0 Å². The molecule has 2 fully saturated rings. The van der Waals surface area contributed by atoms with Crippen molar-refractivity contribution in [1.82, 2.24) is 9.97 Å². The summed E-state index contributed by atoms with van der Waals surface area (Å²) in [6.07, 6.45) is 0.415. The molecule has 35 heavy (non-hydrogen) atoms. The molecular formula is C23H28F4N4O3S. The maximum Gasteiger partial charge on any atom is 0.416 e. The monoisotopic (exact) mass is 516 g/mol. The molecule has 0 spiro atoms. The molecule has 12 heteroatoms. The lowest BCUT2D eigenvalue weighted by Crippen LogP contribution is -2.41. The van der Waals surface area contributed by atoms with Gasteiger partial charge in [-0.25, -0.2) is 18.4 Å². The SMILES string of the molecule is CS(=O)(=O)CC1(CNc2ncnc(N3CCC[C@@H]3c3ccc(C(F)(F)F)cc3)c2F)CCOCC1. The average Bonchev–Trinajstić information content (AvgIpc) is 3.27. The fraction of sp³-hybridized carbons (Fsp3) is 0.565. The lowest BCUT2D eigenvalue weighted by Gasteiger charge is -2.37. The summed E-state index contributed by atoms with van der Waals surface area (Å²) in [5, 5.41) is 2.99. The zero-order chi connectivity index (χ0) is 25.3. The van der Waals surface area contributed by atoms with Gasteiger partial charge in [-0.15, -0.1) is 0 Å². The summed E-state index contributed by atoms with van der Waals surface area (Å²) in [5.74, 6) is -0.688. The third-order valence-electron chi connectivity index (χ3n) is 6.67. The van der Waals surface area contributed by atoms with Crippen molar-refractivity contribution in [3.8, 4) is 0 Å². The van der Waals surface area contributed by atoms with Gasteiger partial charge in [-0.3, -0.25) is 0 Å². The Morgan fingerprint density at radius 3 is 2.49 bits per heavy atom. The van der Waals surface area contributed by atoms with Crippen LogP contribution in [0, 0.1) is 11.2 Å². The molecule has 2 aliphatic rings. The van der Waals surface area contributed by atoms with Gasteiger partial charge in [0, 0.05) is 38.0 Å². The van der Waals surface area contributed by atoms with Crippen molar-refractivity contribution in [1.29, 1.82) is 0 Å².